The average molecular weight is 467 g/mol. The van der Waals surface area contributed by atoms with Gasteiger partial charge in [-0.2, -0.15) is 5.10 Å². The van der Waals surface area contributed by atoms with Crippen LogP contribution in [0.3, 0.4) is 0 Å². The second kappa shape index (κ2) is 11.2. The summed E-state index contributed by atoms with van der Waals surface area (Å²) in [6, 6.07) is 28.1. The predicted octanol–water partition coefficient (Wildman–Crippen LogP) is 6.07. The maximum atomic E-state index is 5.47. The number of ether oxygens (including phenoxy) is 1. The van der Waals surface area contributed by atoms with Gasteiger partial charge >= 0.3 is 0 Å². The van der Waals surface area contributed by atoms with Gasteiger partial charge in [0.2, 0.25) is 0 Å². The SMILES string of the molecule is COc1cccc(CN(Cc2ccc(-n3cccn3)cc2)c2ccc(CN3CCCCC3)cc2)c1. The fourth-order valence-electron chi connectivity index (χ4n) is 4.81. The molecule has 0 aliphatic carbocycles. The highest BCUT2D eigenvalue weighted by Gasteiger charge is 2.13. The van der Waals surface area contributed by atoms with Crippen LogP contribution in [0.1, 0.15) is 36.0 Å². The van der Waals surface area contributed by atoms with Crippen LogP contribution >= 0.6 is 0 Å². The van der Waals surface area contributed by atoms with Crippen molar-refractivity contribution in [2.45, 2.75) is 38.9 Å². The van der Waals surface area contributed by atoms with E-state index in [4.69, 9.17) is 4.74 Å². The van der Waals surface area contributed by atoms with Gasteiger partial charge < -0.3 is 9.64 Å². The molecule has 1 aliphatic rings. The Morgan fingerprint density at radius 1 is 0.800 bits per heavy atom. The van der Waals surface area contributed by atoms with E-state index >= 15 is 0 Å². The molecule has 4 aromatic rings. The summed E-state index contributed by atoms with van der Waals surface area (Å²) in [7, 11) is 1.72. The minimum absolute atomic E-state index is 0.809. The molecular weight excluding hydrogens is 432 g/mol. The van der Waals surface area contributed by atoms with Crippen molar-refractivity contribution in [2.24, 2.45) is 0 Å². The number of methoxy groups -OCH3 is 1. The topological polar surface area (TPSA) is 33.5 Å². The van der Waals surface area contributed by atoms with E-state index < -0.39 is 0 Å². The summed E-state index contributed by atoms with van der Waals surface area (Å²) in [6.45, 7) is 5.12. The highest BCUT2D eigenvalue weighted by molar-refractivity contribution is 5.49. The van der Waals surface area contributed by atoms with Gasteiger partial charge in [0.1, 0.15) is 5.75 Å². The van der Waals surface area contributed by atoms with Crippen molar-refractivity contribution in [3.63, 3.8) is 0 Å². The highest BCUT2D eigenvalue weighted by Crippen LogP contribution is 2.24. The Hall–Kier alpha value is -3.57. The van der Waals surface area contributed by atoms with Crippen LogP contribution < -0.4 is 9.64 Å². The van der Waals surface area contributed by atoms with Crippen LogP contribution in [0.4, 0.5) is 5.69 Å². The molecule has 1 saturated heterocycles. The molecule has 0 bridgehead atoms. The van der Waals surface area contributed by atoms with Gasteiger partial charge in [-0.1, -0.05) is 42.8 Å². The van der Waals surface area contributed by atoms with E-state index in [-0.39, 0.29) is 0 Å². The van der Waals surface area contributed by atoms with E-state index in [2.05, 4.69) is 81.6 Å². The number of anilines is 1. The van der Waals surface area contributed by atoms with E-state index in [0.717, 1.165) is 31.1 Å². The molecule has 3 aromatic carbocycles. The van der Waals surface area contributed by atoms with Gasteiger partial charge in [0.05, 0.1) is 12.8 Å². The van der Waals surface area contributed by atoms with Gasteiger partial charge in [-0.25, -0.2) is 4.68 Å². The Labute approximate surface area is 208 Å². The Bertz CT molecular complexity index is 1180. The van der Waals surface area contributed by atoms with Crippen LogP contribution in [0.2, 0.25) is 0 Å². The van der Waals surface area contributed by atoms with E-state index in [1.165, 1.54) is 54.7 Å². The fourth-order valence-corrected chi connectivity index (χ4v) is 4.81. The third-order valence-electron chi connectivity index (χ3n) is 6.74. The second-order valence-electron chi connectivity index (χ2n) is 9.33. The molecular formula is C30H34N4O. The number of rotatable bonds is 9. The first-order chi connectivity index (χ1) is 17.3. The van der Waals surface area contributed by atoms with Crippen LogP contribution in [-0.2, 0) is 19.6 Å². The molecule has 5 nitrogen and oxygen atoms in total. The van der Waals surface area contributed by atoms with Gasteiger partial charge in [0, 0.05) is 37.7 Å². The molecule has 0 spiro atoms. The van der Waals surface area contributed by atoms with Crippen molar-refractivity contribution in [1.82, 2.24) is 14.7 Å². The molecule has 0 unspecified atom stereocenters. The van der Waals surface area contributed by atoms with Crippen molar-refractivity contribution < 1.29 is 4.74 Å². The first kappa shape index (κ1) is 23.2. The predicted molar refractivity (Wildman–Crippen MR) is 142 cm³/mol. The monoisotopic (exact) mass is 466 g/mol. The number of likely N-dealkylation sites (tertiary alicyclic amines) is 1. The molecule has 0 saturated carbocycles. The van der Waals surface area contributed by atoms with Gasteiger partial charge in [0.25, 0.3) is 0 Å². The minimum atomic E-state index is 0.809. The van der Waals surface area contributed by atoms with Gasteiger partial charge in [-0.3, -0.25) is 4.90 Å². The lowest BCUT2D eigenvalue weighted by Gasteiger charge is -2.28. The molecule has 2 heterocycles. The maximum Gasteiger partial charge on any atom is 0.119 e. The van der Waals surface area contributed by atoms with E-state index in [0.29, 0.717) is 0 Å². The smallest absolute Gasteiger partial charge is 0.119 e. The maximum absolute atomic E-state index is 5.47. The second-order valence-corrected chi connectivity index (χ2v) is 9.33. The largest absolute Gasteiger partial charge is 0.497 e. The third kappa shape index (κ3) is 6.11. The lowest BCUT2D eigenvalue weighted by molar-refractivity contribution is 0.221. The summed E-state index contributed by atoms with van der Waals surface area (Å²) in [6.07, 6.45) is 7.79. The molecule has 5 heteroatoms. The van der Waals surface area contributed by atoms with Gasteiger partial charge in [-0.15, -0.1) is 0 Å². The molecule has 0 amide bonds. The molecule has 5 rings (SSSR count). The summed E-state index contributed by atoms with van der Waals surface area (Å²) in [5, 5.41) is 4.34. The van der Waals surface area contributed by atoms with Crippen molar-refractivity contribution in [1.29, 1.82) is 0 Å². The van der Waals surface area contributed by atoms with E-state index in [1.807, 2.05) is 23.0 Å². The summed E-state index contributed by atoms with van der Waals surface area (Å²) < 4.78 is 7.35. The Morgan fingerprint density at radius 2 is 1.54 bits per heavy atom. The Morgan fingerprint density at radius 3 is 2.26 bits per heavy atom. The van der Waals surface area contributed by atoms with Crippen LogP contribution in [0.15, 0.2) is 91.3 Å². The van der Waals surface area contributed by atoms with Crippen LogP contribution in [-0.4, -0.2) is 34.9 Å². The van der Waals surface area contributed by atoms with E-state index in [1.54, 1.807) is 13.3 Å². The van der Waals surface area contributed by atoms with Gasteiger partial charge in [0.15, 0.2) is 0 Å². The fraction of sp³-hybridized carbons (Fsp3) is 0.300. The number of benzene rings is 3. The number of hydrogen-bond donors (Lipinski definition) is 0. The number of piperidine rings is 1. The quantitative estimate of drug-likeness (QED) is 0.300. The standard InChI is InChI=1S/C30H34N4O/c1-35-30-8-5-7-27(21-30)24-33(23-26-11-15-29(16-12-26)34-20-6-17-31-34)28-13-9-25(10-14-28)22-32-18-3-2-4-19-32/h5-17,20-21H,2-4,18-19,22-24H2,1H3. The van der Waals surface area contributed by atoms with Crippen LogP contribution in [0.25, 0.3) is 5.69 Å². The lowest BCUT2D eigenvalue weighted by atomic mass is 10.1. The highest BCUT2D eigenvalue weighted by atomic mass is 16.5. The Balaban J connectivity index is 1.35. The van der Waals surface area contributed by atoms with Crippen LogP contribution in [0, 0.1) is 0 Å². The summed E-state index contributed by atoms with van der Waals surface area (Å²) in [4.78, 5) is 5.01. The normalized spacial score (nSPS) is 14.1. The zero-order chi connectivity index (χ0) is 23.9. The number of hydrogen-bond acceptors (Lipinski definition) is 4. The van der Waals surface area contributed by atoms with Crippen molar-refractivity contribution in [2.75, 3.05) is 25.1 Å². The van der Waals surface area contributed by atoms with Crippen LogP contribution in [0.5, 0.6) is 5.75 Å². The molecule has 1 aliphatic heterocycles. The molecule has 180 valence electrons. The third-order valence-corrected chi connectivity index (χ3v) is 6.74. The minimum Gasteiger partial charge on any atom is -0.497 e. The zero-order valence-corrected chi connectivity index (χ0v) is 20.5. The van der Waals surface area contributed by atoms with Crippen molar-refractivity contribution >= 4 is 5.69 Å². The first-order valence-electron chi connectivity index (χ1n) is 12.5. The summed E-state index contributed by atoms with van der Waals surface area (Å²) >= 11 is 0. The number of aromatic nitrogens is 2. The van der Waals surface area contributed by atoms with Gasteiger partial charge in [-0.05, 0) is 85.1 Å². The zero-order valence-electron chi connectivity index (χ0n) is 20.5. The van der Waals surface area contributed by atoms with Crippen molar-refractivity contribution in [3.05, 3.63) is 108 Å². The van der Waals surface area contributed by atoms with Crippen molar-refractivity contribution in [3.8, 4) is 11.4 Å². The lowest BCUT2D eigenvalue weighted by Crippen LogP contribution is -2.29. The molecule has 35 heavy (non-hydrogen) atoms. The molecule has 0 radical (unpaired) electrons. The summed E-state index contributed by atoms with van der Waals surface area (Å²) in [5.74, 6) is 0.892. The molecule has 0 atom stereocenters. The summed E-state index contributed by atoms with van der Waals surface area (Å²) in [5.41, 5.74) is 6.18. The number of nitrogens with zero attached hydrogens (tertiary/aromatic N) is 4. The van der Waals surface area contributed by atoms with E-state index in [9.17, 15) is 0 Å². The molecule has 1 fully saturated rings. The first-order valence-corrected chi connectivity index (χ1v) is 12.5. The Kier molecular flexibility index (Phi) is 7.44. The average Bonchev–Trinajstić information content (AvgIpc) is 3.45. The molecule has 1 aromatic heterocycles. The molecule has 0 N–H and O–H groups in total.